The van der Waals surface area contributed by atoms with Gasteiger partial charge in [-0.15, -0.1) is 0 Å². The lowest BCUT2D eigenvalue weighted by Gasteiger charge is -2.17. The maximum atomic E-state index is 5.55. The minimum absolute atomic E-state index is 0.556. The van der Waals surface area contributed by atoms with E-state index in [1.54, 1.807) is 0 Å². The fourth-order valence-corrected chi connectivity index (χ4v) is 19.6. The van der Waals surface area contributed by atoms with E-state index >= 15 is 0 Å². The van der Waals surface area contributed by atoms with Crippen molar-refractivity contribution in [3.05, 3.63) is 413 Å². The lowest BCUT2D eigenvalue weighted by molar-refractivity contribution is 1.07. The summed E-state index contributed by atoms with van der Waals surface area (Å²) in [6.45, 7) is 0. The van der Waals surface area contributed by atoms with Crippen LogP contribution < -0.4 is 0 Å². The molecule has 0 atom stereocenters. The van der Waals surface area contributed by atoms with Gasteiger partial charge in [0, 0.05) is 82.8 Å². The Kier molecular flexibility index (Phi) is 15.6. The van der Waals surface area contributed by atoms with Gasteiger partial charge in [0.25, 0.3) is 0 Å². The minimum Gasteiger partial charge on any atom is -0.309 e. The van der Waals surface area contributed by atoms with Gasteiger partial charge < -0.3 is 9.13 Å². The summed E-state index contributed by atoms with van der Waals surface area (Å²) in [5.74, 6) is 3.46. The predicted octanol–water partition coefficient (Wildman–Crippen LogP) is 29.6. The zero-order valence-electron chi connectivity index (χ0n) is 65.8. The fourth-order valence-electron chi connectivity index (χ4n) is 19.6. The van der Waals surface area contributed by atoms with Gasteiger partial charge in [-0.05, 0) is 193 Å². The Morgan fingerprint density at radius 3 is 0.959 bits per heavy atom. The Balaban J connectivity index is 0.690. The van der Waals surface area contributed by atoms with Crippen LogP contribution in [0.15, 0.2) is 413 Å². The number of aromatic nitrogens is 8. The van der Waals surface area contributed by atoms with Crippen molar-refractivity contribution in [1.82, 2.24) is 39.0 Å². The molecule has 0 aliphatic heterocycles. The maximum Gasteiger partial charge on any atom is 0.164 e. The monoisotopic (exact) mass is 1550 g/mol. The van der Waals surface area contributed by atoms with E-state index in [2.05, 4.69) is 367 Å². The number of hydrogen-bond donors (Lipinski definition) is 0. The average Bonchev–Trinajstić information content (AvgIpc) is 1.53. The molecule has 8 heteroatoms. The quantitative estimate of drug-likeness (QED) is 0.120. The smallest absolute Gasteiger partial charge is 0.164 e. The first-order chi connectivity index (χ1) is 60.5. The summed E-state index contributed by atoms with van der Waals surface area (Å²) in [4.78, 5) is 32.2. The van der Waals surface area contributed by atoms with Crippen molar-refractivity contribution < 1.29 is 0 Å². The van der Waals surface area contributed by atoms with E-state index in [-0.39, 0.29) is 0 Å². The van der Waals surface area contributed by atoms with Crippen LogP contribution in [0, 0.1) is 0 Å². The first kappa shape index (κ1) is 68.8. The fraction of sp³-hybridized carbons (Fsp3) is 0. The Morgan fingerprint density at radius 1 is 0.156 bits per heavy atom. The van der Waals surface area contributed by atoms with Gasteiger partial charge >= 0.3 is 0 Å². The summed E-state index contributed by atoms with van der Waals surface area (Å²) in [7, 11) is 0. The summed E-state index contributed by atoms with van der Waals surface area (Å²) in [6, 6.07) is 150. The van der Waals surface area contributed by atoms with Crippen molar-refractivity contribution in [3.8, 4) is 113 Å². The molecule has 4 aromatic heterocycles. The highest BCUT2D eigenvalue weighted by Gasteiger charge is 2.28. The summed E-state index contributed by atoms with van der Waals surface area (Å²) in [5, 5.41) is 26.2. The molecule has 0 bridgehead atoms. The summed E-state index contributed by atoms with van der Waals surface area (Å²) in [6.07, 6.45) is 0. The van der Waals surface area contributed by atoms with E-state index in [4.69, 9.17) is 29.9 Å². The minimum atomic E-state index is 0.556. The molecule has 21 aromatic carbocycles. The van der Waals surface area contributed by atoms with Gasteiger partial charge in [0.2, 0.25) is 0 Å². The van der Waals surface area contributed by atoms with Crippen molar-refractivity contribution in [3.63, 3.8) is 0 Å². The van der Waals surface area contributed by atoms with E-state index in [1.165, 1.54) is 91.7 Å². The molecule has 0 aliphatic rings. The lowest BCUT2D eigenvalue weighted by atomic mass is 9.89. The molecule has 0 radical (unpaired) electrons. The van der Waals surface area contributed by atoms with Crippen molar-refractivity contribution in [2.24, 2.45) is 0 Å². The summed E-state index contributed by atoms with van der Waals surface area (Å²) in [5.41, 5.74) is 18.3. The molecular weight excluding hydrogens is 1480 g/mol. The van der Waals surface area contributed by atoms with Gasteiger partial charge in [-0.25, -0.2) is 29.9 Å². The van der Waals surface area contributed by atoms with Gasteiger partial charge in [0.15, 0.2) is 34.9 Å². The Labute approximate surface area is 700 Å². The zero-order chi connectivity index (χ0) is 80.0. The van der Waals surface area contributed by atoms with Gasteiger partial charge in [-0.2, -0.15) is 0 Å². The highest BCUT2D eigenvalue weighted by Crippen LogP contribution is 2.51. The highest BCUT2D eigenvalue weighted by molar-refractivity contribution is 6.32. The molecule has 0 saturated heterocycles. The predicted molar refractivity (Wildman–Crippen MR) is 508 cm³/mol. The molecule has 564 valence electrons. The standard InChI is InChI=1S/C114H68N8/c1-4-28-69(29-5-1)109-115-110(70-30-6-2-7-31-70)119-114(118-109)80-39-27-40-82(63-80)122-106-85-43-15-12-36-76(85)64-97(105(106)101-66-75-35-11-14-42-84(75)104(108(101)122)78-57-61-95-91-49-19-17-45-87(91)89-47-21-23-51-93(89)99(95)68-78)73-37-26-38-79(62-73)113-117-111(71-32-8-3-9-33-71)116-112(120-113)72-54-58-81(59-55-72)121-102-53-25-24-52-96(102)100-65-74-34-10-13-41-83(74)103(107(100)121)77-56-60-94-90-48-18-16-44-86(90)88-46-20-22-50-92(88)98(94)67-77/h1-68H. The molecule has 0 spiro atoms. The Morgan fingerprint density at radius 2 is 0.484 bits per heavy atom. The first-order valence-electron chi connectivity index (χ1n) is 41.5. The van der Waals surface area contributed by atoms with Crippen molar-refractivity contribution >= 4 is 141 Å². The lowest BCUT2D eigenvalue weighted by Crippen LogP contribution is -2.01. The van der Waals surface area contributed by atoms with Crippen LogP contribution in [-0.4, -0.2) is 39.0 Å². The number of nitrogens with zero attached hydrogens (tertiary/aromatic N) is 8. The van der Waals surface area contributed by atoms with Crippen LogP contribution >= 0.6 is 0 Å². The molecule has 122 heavy (non-hydrogen) atoms. The van der Waals surface area contributed by atoms with Gasteiger partial charge in [-0.1, -0.05) is 334 Å². The van der Waals surface area contributed by atoms with Gasteiger partial charge in [-0.3, -0.25) is 0 Å². The van der Waals surface area contributed by atoms with E-state index < -0.39 is 0 Å². The van der Waals surface area contributed by atoms with Crippen LogP contribution in [0.1, 0.15) is 0 Å². The number of rotatable bonds is 11. The van der Waals surface area contributed by atoms with Crippen LogP contribution in [0.4, 0.5) is 0 Å². The van der Waals surface area contributed by atoms with Crippen molar-refractivity contribution in [2.45, 2.75) is 0 Å². The average molecular weight is 1550 g/mol. The second-order valence-corrected chi connectivity index (χ2v) is 31.9. The second kappa shape index (κ2) is 27.6. The van der Waals surface area contributed by atoms with E-state index in [1.807, 2.05) is 54.6 Å². The number of hydrogen-bond acceptors (Lipinski definition) is 6. The van der Waals surface area contributed by atoms with Crippen LogP contribution in [0.25, 0.3) is 254 Å². The maximum absolute atomic E-state index is 5.55. The SMILES string of the molecule is c1ccc(-c2nc(-c3ccc(-n4c5ccccc5c5cc6ccccc6c(-c6ccc7c8ccccc8c8ccccc8c7c6)c54)cc3)nc(-c3cccc(-c4cc5ccccc5c5c4c4cc6ccccc6c(-c6ccc7c8ccccc8c8ccccc8c7c6)c4n5-c4cccc(-c5nc(-c6ccccc6)nc(-c6ccccc6)n5)c4)c3)n2)cc1. The topological polar surface area (TPSA) is 87.2 Å². The van der Waals surface area contributed by atoms with Crippen molar-refractivity contribution in [1.29, 1.82) is 0 Å². The molecule has 0 unspecified atom stereocenters. The molecule has 8 nitrogen and oxygen atoms in total. The highest BCUT2D eigenvalue weighted by atomic mass is 15.1. The third-order valence-electron chi connectivity index (χ3n) is 25.1. The second-order valence-electron chi connectivity index (χ2n) is 31.9. The van der Waals surface area contributed by atoms with Crippen LogP contribution in [-0.2, 0) is 0 Å². The van der Waals surface area contributed by atoms with Crippen LogP contribution in [0.2, 0.25) is 0 Å². The van der Waals surface area contributed by atoms with Crippen molar-refractivity contribution in [2.75, 3.05) is 0 Å². The van der Waals surface area contributed by atoms with Crippen LogP contribution in [0.3, 0.4) is 0 Å². The molecule has 25 rings (SSSR count). The van der Waals surface area contributed by atoms with Gasteiger partial charge in [0.1, 0.15) is 0 Å². The molecule has 4 heterocycles. The molecule has 0 amide bonds. The Hall–Kier alpha value is -16.4. The third kappa shape index (κ3) is 10.9. The summed E-state index contributed by atoms with van der Waals surface area (Å²) < 4.78 is 5.00. The van der Waals surface area contributed by atoms with Gasteiger partial charge in [0.05, 0.1) is 22.1 Å². The molecule has 0 saturated carbocycles. The number of benzene rings is 21. The number of para-hydroxylation sites is 1. The van der Waals surface area contributed by atoms with Crippen LogP contribution in [0.5, 0.6) is 0 Å². The Bertz CT molecular complexity index is 8560. The molecule has 0 N–H and O–H groups in total. The molecule has 0 aliphatic carbocycles. The largest absolute Gasteiger partial charge is 0.309 e. The van der Waals surface area contributed by atoms with E-state index in [0.717, 1.165) is 127 Å². The first-order valence-corrected chi connectivity index (χ1v) is 41.5. The van der Waals surface area contributed by atoms with E-state index in [9.17, 15) is 0 Å². The molecule has 0 fully saturated rings. The third-order valence-corrected chi connectivity index (χ3v) is 25.1. The number of fused-ring (bicyclic) bond motifs is 22. The summed E-state index contributed by atoms with van der Waals surface area (Å²) >= 11 is 0. The molecular formula is C114H68N8. The zero-order valence-corrected chi connectivity index (χ0v) is 65.8. The normalized spacial score (nSPS) is 11.9. The molecule has 25 aromatic rings. The van der Waals surface area contributed by atoms with E-state index in [0.29, 0.717) is 34.9 Å².